The Bertz CT molecular complexity index is 693. The van der Waals surface area contributed by atoms with E-state index in [1.54, 1.807) is 37.3 Å². The molecule has 5 nitrogen and oxygen atoms in total. The van der Waals surface area contributed by atoms with Gasteiger partial charge in [0, 0.05) is 9.92 Å². The number of rotatable bonds is 6. The Morgan fingerprint density at radius 3 is 2.35 bits per heavy atom. The van der Waals surface area contributed by atoms with Crippen molar-refractivity contribution in [2.75, 3.05) is 6.61 Å². The number of nitrogens with zero attached hydrogens (tertiary/aromatic N) is 1. The van der Waals surface area contributed by atoms with Crippen LogP contribution in [0.5, 0.6) is 0 Å². The summed E-state index contributed by atoms with van der Waals surface area (Å²) in [5, 5.41) is 12.3. The van der Waals surface area contributed by atoms with Gasteiger partial charge in [-0.1, -0.05) is 29.8 Å². The first-order valence-electron chi connectivity index (χ1n) is 6.82. The second-order valence-corrected chi connectivity index (χ2v) is 6.25. The monoisotopic (exact) mass is 351 g/mol. The highest BCUT2D eigenvalue weighted by atomic mass is 35.5. The smallest absolute Gasteiger partial charge is 0.401 e. The van der Waals surface area contributed by atoms with Gasteiger partial charge in [-0.05, 0) is 55.1 Å². The lowest BCUT2D eigenvalue weighted by Crippen LogP contribution is -2.41. The minimum atomic E-state index is -2.08. The van der Waals surface area contributed by atoms with Crippen LogP contribution in [-0.4, -0.2) is 17.5 Å². The number of hydrogen-bond donors (Lipinski definition) is 0. The van der Waals surface area contributed by atoms with Crippen LogP contribution in [0.1, 0.15) is 12.5 Å². The number of ether oxygens (including phenoxy) is 1. The van der Waals surface area contributed by atoms with Crippen LogP contribution in [0, 0.1) is 10.1 Å². The van der Waals surface area contributed by atoms with Crippen molar-refractivity contribution in [2.45, 2.75) is 16.7 Å². The van der Waals surface area contributed by atoms with Gasteiger partial charge in [-0.3, -0.25) is 10.1 Å². The van der Waals surface area contributed by atoms with Gasteiger partial charge >= 0.3 is 10.8 Å². The number of thioether (sulfide) groups is 1. The van der Waals surface area contributed by atoms with Gasteiger partial charge in [0.1, 0.15) is 0 Å². The summed E-state index contributed by atoms with van der Waals surface area (Å²) in [6.45, 7) is 1.66. The first-order chi connectivity index (χ1) is 11.0. The van der Waals surface area contributed by atoms with Gasteiger partial charge in [0.15, 0.2) is 0 Å². The van der Waals surface area contributed by atoms with Crippen LogP contribution >= 0.6 is 23.4 Å². The molecular formula is C16H14ClNO4S. The Morgan fingerprint density at radius 2 is 1.83 bits per heavy atom. The molecule has 1 atom stereocenters. The van der Waals surface area contributed by atoms with Crippen molar-refractivity contribution in [1.82, 2.24) is 0 Å². The van der Waals surface area contributed by atoms with Gasteiger partial charge in [-0.15, -0.1) is 0 Å². The minimum Gasteiger partial charge on any atom is -0.460 e. The van der Waals surface area contributed by atoms with Gasteiger partial charge in [-0.25, -0.2) is 4.79 Å². The van der Waals surface area contributed by atoms with E-state index in [0.717, 1.165) is 11.8 Å². The van der Waals surface area contributed by atoms with E-state index in [1.165, 1.54) is 24.3 Å². The number of hydrogen-bond acceptors (Lipinski definition) is 5. The minimum absolute atomic E-state index is 0.0529. The number of carbonyl (C=O) groups is 1. The molecule has 2 rings (SSSR count). The summed E-state index contributed by atoms with van der Waals surface area (Å²) < 4.78 is 4.99. The Kier molecular flexibility index (Phi) is 5.63. The van der Waals surface area contributed by atoms with Gasteiger partial charge in [-0.2, -0.15) is 0 Å². The van der Waals surface area contributed by atoms with E-state index in [0.29, 0.717) is 9.92 Å². The van der Waals surface area contributed by atoms with Crippen LogP contribution in [-0.2, 0) is 14.4 Å². The Morgan fingerprint density at radius 1 is 1.22 bits per heavy atom. The van der Waals surface area contributed by atoms with Crippen molar-refractivity contribution in [1.29, 1.82) is 0 Å². The number of esters is 1. The van der Waals surface area contributed by atoms with Crippen molar-refractivity contribution >= 4 is 29.3 Å². The summed E-state index contributed by atoms with van der Waals surface area (Å²) in [4.78, 5) is 22.2. The molecule has 0 amide bonds. The van der Waals surface area contributed by atoms with E-state index in [9.17, 15) is 14.9 Å². The fourth-order valence-electron chi connectivity index (χ4n) is 2.00. The normalized spacial score (nSPS) is 13.1. The predicted octanol–water partition coefficient (Wildman–Crippen LogP) is 4.12. The second-order valence-electron chi connectivity index (χ2n) is 4.54. The molecule has 0 bridgehead atoms. The maximum atomic E-state index is 12.5. The zero-order chi connectivity index (χ0) is 16.9. The van der Waals surface area contributed by atoms with E-state index in [-0.39, 0.29) is 12.2 Å². The third-order valence-corrected chi connectivity index (χ3v) is 4.66. The molecule has 0 fully saturated rings. The van der Waals surface area contributed by atoms with Crippen molar-refractivity contribution < 1.29 is 14.5 Å². The number of halogens is 1. The van der Waals surface area contributed by atoms with Gasteiger partial charge in [0.05, 0.1) is 17.1 Å². The lowest BCUT2D eigenvalue weighted by molar-refractivity contribution is -0.532. The lowest BCUT2D eigenvalue weighted by Gasteiger charge is -2.23. The molecule has 0 heterocycles. The quantitative estimate of drug-likeness (QED) is 0.257. The Labute approximate surface area is 142 Å². The first kappa shape index (κ1) is 17.3. The average Bonchev–Trinajstić information content (AvgIpc) is 2.54. The van der Waals surface area contributed by atoms with E-state index in [2.05, 4.69) is 0 Å². The molecule has 7 heteroatoms. The van der Waals surface area contributed by atoms with Crippen LogP contribution in [0.2, 0.25) is 5.02 Å². The maximum Gasteiger partial charge on any atom is 0.401 e. The molecule has 0 N–H and O–H groups in total. The molecule has 0 aromatic heterocycles. The summed E-state index contributed by atoms with van der Waals surface area (Å²) in [6.07, 6.45) is 0. The van der Waals surface area contributed by atoms with Gasteiger partial charge in [0.2, 0.25) is 0 Å². The molecule has 0 aliphatic heterocycles. The molecule has 2 aromatic carbocycles. The van der Waals surface area contributed by atoms with Crippen LogP contribution < -0.4 is 0 Å². The highest BCUT2D eigenvalue weighted by Crippen LogP contribution is 2.43. The topological polar surface area (TPSA) is 69.4 Å². The number of benzene rings is 2. The van der Waals surface area contributed by atoms with Crippen molar-refractivity contribution in [3.05, 3.63) is 75.3 Å². The molecular weight excluding hydrogens is 338 g/mol. The third kappa shape index (κ3) is 3.65. The molecule has 0 saturated carbocycles. The Balaban J connectivity index is 2.57. The second kappa shape index (κ2) is 7.48. The van der Waals surface area contributed by atoms with Crippen molar-refractivity contribution in [3.8, 4) is 0 Å². The maximum absolute atomic E-state index is 12.5. The lowest BCUT2D eigenvalue weighted by atomic mass is 10.1. The molecule has 1 unspecified atom stereocenters. The molecule has 0 aliphatic carbocycles. The highest BCUT2D eigenvalue weighted by molar-refractivity contribution is 8.00. The fourth-order valence-corrected chi connectivity index (χ4v) is 3.23. The van der Waals surface area contributed by atoms with E-state index < -0.39 is 15.8 Å². The standard InChI is InChI=1S/C16H14ClNO4S/c1-2-22-15(19)16(18(20)21,12-8-10-13(17)11-9-12)23-14-6-4-3-5-7-14/h3-11H,2H2,1H3. The van der Waals surface area contributed by atoms with Crippen LogP contribution in [0.3, 0.4) is 0 Å². The zero-order valence-electron chi connectivity index (χ0n) is 12.3. The van der Waals surface area contributed by atoms with Gasteiger partial charge < -0.3 is 4.74 Å². The van der Waals surface area contributed by atoms with Crippen LogP contribution in [0.4, 0.5) is 0 Å². The first-order valence-corrected chi connectivity index (χ1v) is 8.02. The molecule has 120 valence electrons. The molecule has 0 spiro atoms. The molecule has 0 aliphatic rings. The summed E-state index contributed by atoms with van der Waals surface area (Å²) in [5.74, 6) is -0.916. The van der Waals surface area contributed by atoms with E-state index in [1.807, 2.05) is 0 Å². The van der Waals surface area contributed by atoms with Crippen molar-refractivity contribution in [2.24, 2.45) is 0 Å². The van der Waals surface area contributed by atoms with Crippen LogP contribution in [0.25, 0.3) is 0 Å². The molecule has 0 radical (unpaired) electrons. The summed E-state index contributed by atoms with van der Waals surface area (Å²) in [6, 6.07) is 14.7. The SMILES string of the molecule is CCOC(=O)C(Sc1ccccc1)(c1ccc(Cl)cc1)[N+](=O)[O-]. The van der Waals surface area contributed by atoms with E-state index >= 15 is 0 Å². The summed E-state index contributed by atoms with van der Waals surface area (Å²) in [7, 11) is 0. The molecule has 23 heavy (non-hydrogen) atoms. The summed E-state index contributed by atoms with van der Waals surface area (Å²) in [5.41, 5.74) is 0.208. The predicted molar refractivity (Wildman–Crippen MR) is 89.1 cm³/mol. The van der Waals surface area contributed by atoms with Crippen molar-refractivity contribution in [3.63, 3.8) is 0 Å². The number of nitro groups is 1. The molecule has 2 aromatic rings. The average molecular weight is 352 g/mol. The van der Waals surface area contributed by atoms with Crippen LogP contribution in [0.15, 0.2) is 59.5 Å². The highest BCUT2D eigenvalue weighted by Gasteiger charge is 2.56. The molecule has 0 saturated heterocycles. The third-order valence-electron chi connectivity index (χ3n) is 3.05. The van der Waals surface area contributed by atoms with Gasteiger partial charge in [0.25, 0.3) is 0 Å². The fraction of sp³-hybridized carbons (Fsp3) is 0.188. The Hall–Kier alpha value is -2.05. The zero-order valence-corrected chi connectivity index (χ0v) is 13.8. The largest absolute Gasteiger partial charge is 0.460 e. The summed E-state index contributed by atoms with van der Waals surface area (Å²) >= 11 is 6.68. The number of carbonyl (C=O) groups excluding carboxylic acids is 1. The van der Waals surface area contributed by atoms with E-state index in [4.69, 9.17) is 16.3 Å².